The lowest BCUT2D eigenvalue weighted by Crippen LogP contribution is -2.54. The molecule has 172 valence electrons. The molecule has 0 saturated heterocycles. The van der Waals surface area contributed by atoms with E-state index in [2.05, 4.69) is 80.4 Å². The Bertz CT molecular complexity index is 719. The van der Waals surface area contributed by atoms with Crippen LogP contribution in [0.3, 0.4) is 0 Å². The van der Waals surface area contributed by atoms with E-state index >= 15 is 0 Å². The molecule has 2 bridgehead atoms. The van der Waals surface area contributed by atoms with Crippen LogP contribution in [0, 0.1) is 16.7 Å². The fourth-order valence-corrected chi connectivity index (χ4v) is 50.6. The molecule has 0 radical (unpaired) electrons. The quantitative estimate of drug-likeness (QED) is 0.234. The van der Waals surface area contributed by atoms with E-state index < -0.39 is 38.6 Å². The molecule has 14 atom stereocenters. The highest BCUT2D eigenvalue weighted by Crippen LogP contribution is 3.06. The van der Waals surface area contributed by atoms with Crippen molar-refractivity contribution in [2.24, 2.45) is 16.7 Å². The third kappa shape index (κ3) is 4.58. The number of carbonyl (C=O) groups excluding carboxylic acids is 1. The van der Waals surface area contributed by atoms with Crippen molar-refractivity contribution in [1.29, 1.82) is 0 Å². The first-order chi connectivity index (χ1) is 13.8. The van der Waals surface area contributed by atoms with Gasteiger partial charge in [0.05, 0.1) is 19.0 Å². The summed E-state index contributed by atoms with van der Waals surface area (Å²) in [6.07, 6.45) is 3.12. The SMILES string of the molecule is CC1=CCC2[C@@H](OPP)[C@]3(O)C[C@@H](OP(P(P)P)P(P)P(P)P)C(=O)C3(C1)C2(C)C. The molecule has 4 nitrogen and oxygen atoms in total. The second-order valence-corrected chi connectivity index (χ2v) is 41.9. The predicted octanol–water partition coefficient (Wildman–Crippen LogP) is 7.76. The zero-order valence-corrected chi connectivity index (χ0v) is 28.9. The molecule has 2 saturated carbocycles. The van der Waals surface area contributed by atoms with Crippen LogP contribution in [0.4, 0.5) is 0 Å². The number of hydrogen-bond acceptors (Lipinski definition) is 4. The molecule has 1 N–H and O–H groups in total. The van der Waals surface area contributed by atoms with Crippen molar-refractivity contribution in [3.05, 3.63) is 11.6 Å². The summed E-state index contributed by atoms with van der Waals surface area (Å²) in [5, 5.41) is 12.2. The monoisotopic (exact) mass is 618 g/mol. The number of hydrogen-bond donors (Lipinski definition) is 1. The highest BCUT2D eigenvalue weighted by atomic mass is 33.1. The van der Waals surface area contributed by atoms with Gasteiger partial charge in [0.1, 0.15) is 11.7 Å². The molecule has 0 aliphatic heterocycles. The highest BCUT2D eigenvalue weighted by molar-refractivity contribution is 9.07. The van der Waals surface area contributed by atoms with Crippen LogP contribution in [0.5, 0.6) is 0 Å². The molecule has 3 rings (SSSR count). The highest BCUT2D eigenvalue weighted by Gasteiger charge is 2.80. The van der Waals surface area contributed by atoms with Gasteiger partial charge in [-0.3, -0.25) is 4.79 Å². The van der Waals surface area contributed by atoms with E-state index in [1.807, 2.05) is 0 Å². The average Bonchev–Trinajstić information content (AvgIpc) is 2.87. The normalized spacial score (nSPS) is 40.2. The minimum atomic E-state index is -1.19. The van der Waals surface area contributed by atoms with Crippen LogP contribution in [0.25, 0.3) is 0 Å². The molecule has 0 aromatic rings. The van der Waals surface area contributed by atoms with Gasteiger partial charge in [-0.2, -0.15) is 0 Å². The van der Waals surface area contributed by atoms with Crippen molar-refractivity contribution in [2.45, 2.75) is 57.8 Å². The maximum absolute atomic E-state index is 14.2. The molecule has 11 unspecified atom stereocenters. The van der Waals surface area contributed by atoms with Gasteiger partial charge in [0.25, 0.3) is 0 Å². The van der Waals surface area contributed by atoms with E-state index in [0.29, 0.717) is 12.8 Å². The van der Waals surface area contributed by atoms with Gasteiger partial charge in [0.15, 0.2) is 5.78 Å². The Morgan fingerprint density at radius 2 is 1.83 bits per heavy atom. The number of fused-ring (bicyclic) bond motifs is 1. The van der Waals surface area contributed by atoms with Crippen LogP contribution in [0.15, 0.2) is 11.6 Å². The van der Waals surface area contributed by atoms with Crippen molar-refractivity contribution in [3.63, 3.8) is 0 Å². The number of rotatable bonds is 7. The number of aliphatic hydroxyl groups is 1. The molecule has 0 aromatic carbocycles. The number of Topliss-reactive ketones (excluding diaryl/α,β-unsaturated/α-hetero) is 1. The third-order valence-corrected chi connectivity index (χ3v) is 48.1. The summed E-state index contributed by atoms with van der Waals surface area (Å²) in [7, 11) is 16.7. The molecule has 2 fully saturated rings. The fraction of sp³-hybridized carbons (Fsp3) is 0.800. The molecule has 0 heterocycles. The molecular formula is C15H33O4P11. The summed E-state index contributed by atoms with van der Waals surface area (Å²) in [5.41, 5.74) is -1.22. The van der Waals surface area contributed by atoms with Gasteiger partial charge in [0, 0.05) is 21.9 Å². The lowest BCUT2D eigenvalue weighted by Gasteiger charge is -2.44. The van der Waals surface area contributed by atoms with Crippen LogP contribution in [-0.4, -0.2) is 28.7 Å². The number of allylic oxidation sites excluding steroid dienone is 2. The largest absolute Gasteiger partial charge is 0.386 e. The van der Waals surface area contributed by atoms with Gasteiger partial charge in [-0.25, -0.2) is 0 Å². The van der Waals surface area contributed by atoms with E-state index in [-0.39, 0.29) is 38.7 Å². The maximum atomic E-state index is 14.2. The van der Waals surface area contributed by atoms with Crippen molar-refractivity contribution < 1.29 is 18.9 Å². The lowest BCUT2D eigenvalue weighted by molar-refractivity contribution is -0.150. The van der Waals surface area contributed by atoms with Gasteiger partial charge >= 0.3 is 0 Å². The molecule has 3 aliphatic carbocycles. The van der Waals surface area contributed by atoms with Gasteiger partial charge in [-0.05, 0) is 45.1 Å². The first-order valence-corrected chi connectivity index (χ1v) is 27.7. The van der Waals surface area contributed by atoms with E-state index in [1.165, 1.54) is 5.57 Å². The van der Waals surface area contributed by atoms with E-state index in [1.54, 1.807) is 0 Å². The molecule has 15 heteroatoms. The number of carbonyl (C=O) groups is 1. The third-order valence-electron chi connectivity index (χ3n) is 7.10. The summed E-state index contributed by atoms with van der Waals surface area (Å²) in [4.78, 5) is 14.2. The van der Waals surface area contributed by atoms with Crippen molar-refractivity contribution >= 4 is 96.3 Å². The Balaban J connectivity index is 2.05. The molecule has 30 heavy (non-hydrogen) atoms. The van der Waals surface area contributed by atoms with Crippen LogP contribution >= 0.6 is 90.6 Å². The first-order valence-electron chi connectivity index (χ1n) is 9.49. The van der Waals surface area contributed by atoms with Gasteiger partial charge < -0.3 is 14.2 Å². The molecule has 0 amide bonds. The smallest absolute Gasteiger partial charge is 0.172 e. The standard InChI is InChI=1S/C15H33O4P11/c1-8-4-5-9-12(18-26-20)15(17)7-10(11(16)14(15,6-8)13(9,2)3)19-27(28(21)22)30(25)29(23)24/h4,9-10,12,17,26H,5-7,20-25H2,1-3H3/t9?,10-,12-,14?,15-,27?,30?/m1/s1. The Morgan fingerprint density at radius 3 is 2.37 bits per heavy atom. The summed E-state index contributed by atoms with van der Waals surface area (Å²) >= 11 is 0. The fourth-order valence-electron chi connectivity index (χ4n) is 5.75. The van der Waals surface area contributed by atoms with Crippen molar-refractivity contribution in [1.82, 2.24) is 0 Å². The summed E-state index contributed by atoms with van der Waals surface area (Å²) in [6, 6.07) is 0. The zero-order valence-electron chi connectivity index (χ0n) is 17.4. The zero-order chi connectivity index (χ0) is 22.6. The lowest BCUT2D eigenvalue weighted by atomic mass is 9.59. The molecule has 3 aliphatic rings. The summed E-state index contributed by atoms with van der Waals surface area (Å²) in [5.74, 6) is 0.211. The summed E-state index contributed by atoms with van der Waals surface area (Å²) < 4.78 is 12.8. The minimum Gasteiger partial charge on any atom is -0.386 e. The van der Waals surface area contributed by atoms with Crippen LogP contribution in [0.2, 0.25) is 0 Å². The predicted molar refractivity (Wildman–Crippen MR) is 161 cm³/mol. The Kier molecular flexibility index (Phi) is 10.3. The Hall–Kier alpha value is 4.02. The second-order valence-electron chi connectivity index (χ2n) is 8.77. The van der Waals surface area contributed by atoms with E-state index in [4.69, 9.17) is 9.05 Å². The maximum Gasteiger partial charge on any atom is 0.172 e. The van der Waals surface area contributed by atoms with Gasteiger partial charge in [-0.15, -0.1) is 35.7 Å². The Labute approximate surface area is 200 Å². The van der Waals surface area contributed by atoms with Crippen molar-refractivity contribution in [3.8, 4) is 0 Å². The summed E-state index contributed by atoms with van der Waals surface area (Å²) in [6.45, 7) is 5.22. The average molecular weight is 618 g/mol. The van der Waals surface area contributed by atoms with Gasteiger partial charge in [-0.1, -0.05) is 43.4 Å². The van der Waals surface area contributed by atoms with Crippen LogP contribution < -0.4 is 0 Å². The molecule has 1 spiro atoms. The van der Waals surface area contributed by atoms with Gasteiger partial charge in [0.2, 0.25) is 0 Å². The van der Waals surface area contributed by atoms with E-state index in [0.717, 1.165) is 6.42 Å². The second kappa shape index (κ2) is 10.8. The van der Waals surface area contributed by atoms with Crippen molar-refractivity contribution in [2.75, 3.05) is 0 Å². The first kappa shape index (κ1) is 28.6. The Morgan fingerprint density at radius 1 is 1.20 bits per heavy atom. The molecule has 0 aromatic heterocycles. The number of ketones is 1. The van der Waals surface area contributed by atoms with E-state index in [9.17, 15) is 9.90 Å². The minimum absolute atomic E-state index is 0.0948. The topological polar surface area (TPSA) is 55.8 Å². The van der Waals surface area contributed by atoms with Crippen LogP contribution in [0.1, 0.15) is 40.0 Å². The molecular weight excluding hydrogens is 585 g/mol. The van der Waals surface area contributed by atoms with Crippen LogP contribution in [-0.2, 0) is 13.8 Å².